The highest BCUT2D eigenvalue weighted by molar-refractivity contribution is 5.28. The van der Waals surface area contributed by atoms with Crippen molar-refractivity contribution >= 4 is 0 Å². The van der Waals surface area contributed by atoms with E-state index in [4.69, 9.17) is 4.74 Å². The van der Waals surface area contributed by atoms with Crippen molar-refractivity contribution in [2.24, 2.45) is 0 Å². The van der Waals surface area contributed by atoms with Crippen LogP contribution in [0.25, 0.3) is 0 Å². The number of aryl methyl sites for hydroxylation is 2. The molecule has 0 aliphatic rings. The van der Waals surface area contributed by atoms with Crippen molar-refractivity contribution in [1.82, 2.24) is 20.1 Å². The van der Waals surface area contributed by atoms with Gasteiger partial charge in [-0.2, -0.15) is 5.10 Å². The predicted molar refractivity (Wildman–Crippen MR) is 83.5 cm³/mol. The van der Waals surface area contributed by atoms with Gasteiger partial charge in [0.1, 0.15) is 18.2 Å². The summed E-state index contributed by atoms with van der Waals surface area (Å²) in [6.07, 6.45) is 1.76. The van der Waals surface area contributed by atoms with Gasteiger partial charge in [0.05, 0.1) is 6.54 Å². The van der Waals surface area contributed by atoms with Crippen molar-refractivity contribution in [1.29, 1.82) is 0 Å². The Kier molecular flexibility index (Phi) is 5.75. The molecule has 0 unspecified atom stereocenters. The molecule has 0 fully saturated rings. The fourth-order valence-electron chi connectivity index (χ4n) is 2.22. The Morgan fingerprint density at radius 1 is 1.24 bits per heavy atom. The lowest BCUT2D eigenvalue weighted by atomic mass is 10.2. The Labute approximate surface area is 126 Å². The summed E-state index contributed by atoms with van der Waals surface area (Å²) in [6, 6.07) is 8.16. The van der Waals surface area contributed by atoms with Crippen LogP contribution in [-0.2, 0) is 25.9 Å². The van der Waals surface area contributed by atoms with E-state index in [2.05, 4.69) is 41.4 Å². The van der Waals surface area contributed by atoms with Gasteiger partial charge >= 0.3 is 0 Å². The molecule has 0 saturated heterocycles. The van der Waals surface area contributed by atoms with Crippen LogP contribution >= 0.6 is 0 Å². The Morgan fingerprint density at radius 3 is 2.81 bits per heavy atom. The zero-order chi connectivity index (χ0) is 15.1. The maximum Gasteiger partial charge on any atom is 0.150 e. The van der Waals surface area contributed by atoms with E-state index in [1.54, 1.807) is 0 Å². The van der Waals surface area contributed by atoms with Crippen molar-refractivity contribution in [3.8, 4) is 5.75 Å². The molecule has 0 atom stereocenters. The van der Waals surface area contributed by atoms with Crippen LogP contribution < -0.4 is 10.1 Å². The van der Waals surface area contributed by atoms with Gasteiger partial charge in [-0.25, -0.2) is 9.67 Å². The van der Waals surface area contributed by atoms with E-state index >= 15 is 0 Å². The molecule has 2 aromatic rings. The van der Waals surface area contributed by atoms with E-state index in [-0.39, 0.29) is 0 Å². The minimum atomic E-state index is 0.600. The third-order valence-electron chi connectivity index (χ3n) is 3.28. The largest absolute Gasteiger partial charge is 0.492 e. The predicted octanol–water partition coefficient (Wildman–Crippen LogP) is 2.20. The molecule has 0 aliphatic heterocycles. The molecule has 0 amide bonds. The Balaban J connectivity index is 1.92. The molecule has 0 spiro atoms. The van der Waals surface area contributed by atoms with Crippen LogP contribution in [0.3, 0.4) is 0 Å². The maximum absolute atomic E-state index is 5.82. The second kappa shape index (κ2) is 7.78. The summed E-state index contributed by atoms with van der Waals surface area (Å²) < 4.78 is 7.78. The second-order valence-corrected chi connectivity index (χ2v) is 4.90. The Hall–Kier alpha value is -1.88. The number of rotatable bonds is 8. The lowest BCUT2D eigenvalue weighted by molar-refractivity contribution is 0.288. The van der Waals surface area contributed by atoms with Crippen LogP contribution in [0.1, 0.15) is 31.1 Å². The summed E-state index contributed by atoms with van der Waals surface area (Å²) >= 11 is 0. The third-order valence-corrected chi connectivity index (χ3v) is 3.28. The van der Waals surface area contributed by atoms with Gasteiger partial charge in [0.15, 0.2) is 5.82 Å². The number of ether oxygens (including phenoxy) is 1. The van der Waals surface area contributed by atoms with Gasteiger partial charge in [-0.05, 0) is 24.7 Å². The summed E-state index contributed by atoms with van der Waals surface area (Å²) in [6.45, 7) is 6.35. The average molecular weight is 288 g/mol. The highest BCUT2D eigenvalue weighted by Gasteiger charge is 2.06. The number of nitrogens with one attached hydrogen (secondary N) is 1. The third kappa shape index (κ3) is 4.29. The summed E-state index contributed by atoms with van der Waals surface area (Å²) in [5, 5.41) is 7.63. The van der Waals surface area contributed by atoms with E-state index < -0.39 is 0 Å². The van der Waals surface area contributed by atoms with Crippen LogP contribution in [0, 0.1) is 0 Å². The van der Waals surface area contributed by atoms with Crippen molar-refractivity contribution < 1.29 is 4.74 Å². The first-order valence-electron chi connectivity index (χ1n) is 7.55. The highest BCUT2D eigenvalue weighted by atomic mass is 16.5. The van der Waals surface area contributed by atoms with Gasteiger partial charge in [0, 0.05) is 19.4 Å². The highest BCUT2D eigenvalue weighted by Crippen LogP contribution is 2.13. The van der Waals surface area contributed by atoms with Crippen molar-refractivity contribution in [3.05, 3.63) is 41.5 Å². The van der Waals surface area contributed by atoms with Crippen LogP contribution in [-0.4, -0.2) is 28.4 Å². The van der Waals surface area contributed by atoms with Gasteiger partial charge in [-0.1, -0.05) is 26.0 Å². The molecule has 0 aliphatic carbocycles. The van der Waals surface area contributed by atoms with Gasteiger partial charge in [0.25, 0.3) is 0 Å². The number of hydrogen-bond donors (Lipinski definition) is 1. The molecule has 21 heavy (non-hydrogen) atoms. The van der Waals surface area contributed by atoms with Crippen molar-refractivity contribution in [3.63, 3.8) is 0 Å². The molecule has 0 bridgehead atoms. The molecule has 0 saturated carbocycles. The summed E-state index contributed by atoms with van der Waals surface area (Å²) in [4.78, 5) is 4.50. The normalized spacial score (nSPS) is 10.8. The lowest BCUT2D eigenvalue weighted by Gasteiger charge is -2.09. The quantitative estimate of drug-likeness (QED) is 0.809. The number of aromatic nitrogens is 3. The molecule has 5 nitrogen and oxygen atoms in total. The fraction of sp³-hybridized carbons (Fsp3) is 0.500. The first kappa shape index (κ1) is 15.5. The van der Waals surface area contributed by atoms with Gasteiger partial charge < -0.3 is 10.1 Å². The smallest absolute Gasteiger partial charge is 0.150 e. The average Bonchev–Trinajstić information content (AvgIpc) is 2.90. The summed E-state index contributed by atoms with van der Waals surface area (Å²) in [5.74, 6) is 2.83. The SMILES string of the molecule is CCc1nc(CC)n(CCOc2cccc(CNC)c2)n1. The maximum atomic E-state index is 5.82. The van der Waals surface area contributed by atoms with E-state index in [1.807, 2.05) is 23.9 Å². The molecule has 1 heterocycles. The summed E-state index contributed by atoms with van der Waals surface area (Å²) in [5.41, 5.74) is 1.22. The molecule has 5 heteroatoms. The standard InChI is InChI=1S/C16H24N4O/c1-4-15-18-16(5-2)20(19-15)9-10-21-14-8-6-7-13(11-14)12-17-3/h6-8,11,17H,4-5,9-10,12H2,1-3H3. The first-order valence-corrected chi connectivity index (χ1v) is 7.55. The van der Waals surface area contributed by atoms with Crippen LogP contribution in [0.5, 0.6) is 5.75 Å². The summed E-state index contributed by atoms with van der Waals surface area (Å²) in [7, 11) is 1.94. The monoisotopic (exact) mass is 288 g/mol. The topological polar surface area (TPSA) is 52.0 Å². The zero-order valence-electron chi connectivity index (χ0n) is 13.1. The van der Waals surface area contributed by atoms with Crippen LogP contribution in [0.2, 0.25) is 0 Å². The Morgan fingerprint density at radius 2 is 2.10 bits per heavy atom. The molecule has 1 N–H and O–H groups in total. The molecule has 114 valence electrons. The van der Waals surface area contributed by atoms with E-state index in [1.165, 1.54) is 5.56 Å². The molecule has 0 radical (unpaired) electrons. The van der Waals surface area contributed by atoms with Gasteiger partial charge in [-0.3, -0.25) is 0 Å². The second-order valence-electron chi connectivity index (χ2n) is 4.90. The molecule has 2 rings (SSSR count). The van der Waals surface area contributed by atoms with E-state index in [0.717, 1.165) is 43.3 Å². The minimum absolute atomic E-state index is 0.600. The number of benzene rings is 1. The molecular formula is C16H24N4O. The fourth-order valence-corrected chi connectivity index (χ4v) is 2.22. The number of nitrogens with zero attached hydrogens (tertiary/aromatic N) is 3. The zero-order valence-corrected chi connectivity index (χ0v) is 13.1. The van der Waals surface area contributed by atoms with Crippen molar-refractivity contribution in [2.75, 3.05) is 13.7 Å². The lowest BCUT2D eigenvalue weighted by Crippen LogP contribution is -2.12. The van der Waals surface area contributed by atoms with E-state index in [9.17, 15) is 0 Å². The van der Waals surface area contributed by atoms with Crippen molar-refractivity contribution in [2.45, 2.75) is 39.8 Å². The molecule has 1 aromatic carbocycles. The first-order chi connectivity index (χ1) is 10.3. The molecule has 1 aromatic heterocycles. The Bertz CT molecular complexity index is 565. The number of hydrogen-bond acceptors (Lipinski definition) is 4. The van der Waals surface area contributed by atoms with Gasteiger partial charge in [-0.15, -0.1) is 0 Å². The minimum Gasteiger partial charge on any atom is -0.492 e. The van der Waals surface area contributed by atoms with Gasteiger partial charge in [0.2, 0.25) is 0 Å². The van der Waals surface area contributed by atoms with Crippen LogP contribution in [0.15, 0.2) is 24.3 Å². The molecular weight excluding hydrogens is 264 g/mol. The van der Waals surface area contributed by atoms with Crippen LogP contribution in [0.4, 0.5) is 0 Å². The van der Waals surface area contributed by atoms with E-state index in [0.29, 0.717) is 6.61 Å².